The van der Waals surface area contributed by atoms with Crippen molar-refractivity contribution in [1.29, 1.82) is 0 Å². The molecule has 0 aliphatic carbocycles. The van der Waals surface area contributed by atoms with E-state index in [1.165, 1.54) is 15.9 Å². The second-order valence-corrected chi connectivity index (χ2v) is 5.93. The monoisotopic (exact) mass is 307 g/mol. The number of carbonyl (C=O) groups is 1. The predicted octanol–water partition coefficient (Wildman–Crippen LogP) is 1.86. The quantitative estimate of drug-likeness (QED) is 0.932. The van der Waals surface area contributed by atoms with Crippen molar-refractivity contribution in [3.8, 4) is 0 Å². The highest BCUT2D eigenvalue weighted by atomic mass is 32.1. The van der Waals surface area contributed by atoms with Crippen LogP contribution in [-0.2, 0) is 11.3 Å². The summed E-state index contributed by atoms with van der Waals surface area (Å²) in [5.74, 6) is -1.63. The Morgan fingerprint density at radius 1 is 1.38 bits per heavy atom. The molecule has 0 aliphatic heterocycles. The summed E-state index contributed by atoms with van der Waals surface area (Å²) in [6.07, 6.45) is 0. The summed E-state index contributed by atoms with van der Waals surface area (Å²) >= 11 is 1.47. The molecule has 1 N–H and O–H groups in total. The van der Waals surface area contributed by atoms with Crippen molar-refractivity contribution in [1.82, 2.24) is 14.5 Å². The van der Waals surface area contributed by atoms with E-state index in [1.807, 2.05) is 6.92 Å². The molecule has 21 heavy (non-hydrogen) atoms. The molecule has 0 saturated carbocycles. The van der Waals surface area contributed by atoms with E-state index in [-0.39, 0.29) is 5.69 Å². The molecule has 2 aromatic rings. The second-order valence-electron chi connectivity index (χ2n) is 4.99. The first-order valence-electron chi connectivity index (χ1n) is 6.52. The first-order chi connectivity index (χ1) is 9.82. The van der Waals surface area contributed by atoms with Crippen LogP contribution in [0.1, 0.15) is 40.4 Å². The third-order valence-electron chi connectivity index (χ3n) is 3.63. The number of rotatable bonds is 4. The van der Waals surface area contributed by atoms with Crippen LogP contribution in [0.4, 0.5) is 0 Å². The van der Waals surface area contributed by atoms with Crippen molar-refractivity contribution in [2.75, 3.05) is 0 Å². The van der Waals surface area contributed by atoms with Crippen LogP contribution in [0.5, 0.6) is 0 Å². The van der Waals surface area contributed by atoms with Gasteiger partial charge in [0, 0.05) is 21.8 Å². The number of carboxylic acid groups (broad SMARTS) is 1. The minimum Gasteiger partial charge on any atom is -0.481 e. The number of nitrogens with zero attached hydrogens (tertiary/aromatic N) is 3. The van der Waals surface area contributed by atoms with E-state index < -0.39 is 11.9 Å². The van der Waals surface area contributed by atoms with E-state index in [4.69, 9.17) is 0 Å². The van der Waals surface area contributed by atoms with Crippen LogP contribution in [0.2, 0.25) is 0 Å². The number of thiazole rings is 1. The van der Waals surface area contributed by atoms with Gasteiger partial charge in [0.1, 0.15) is 0 Å². The highest BCUT2D eigenvalue weighted by Crippen LogP contribution is 2.22. The van der Waals surface area contributed by atoms with E-state index in [9.17, 15) is 14.7 Å². The van der Waals surface area contributed by atoms with Crippen LogP contribution in [0, 0.1) is 20.8 Å². The molecule has 112 valence electrons. The van der Waals surface area contributed by atoms with E-state index in [2.05, 4.69) is 9.97 Å². The molecule has 1 atom stereocenters. The molecule has 0 fully saturated rings. The molecule has 0 radical (unpaired) electrons. The van der Waals surface area contributed by atoms with Crippen molar-refractivity contribution >= 4 is 17.3 Å². The third kappa shape index (κ3) is 2.87. The third-order valence-corrected chi connectivity index (χ3v) is 4.55. The summed E-state index contributed by atoms with van der Waals surface area (Å²) in [5, 5.41) is 9.22. The minimum atomic E-state index is -0.929. The van der Waals surface area contributed by atoms with Crippen LogP contribution in [0.15, 0.2) is 10.3 Å². The molecule has 0 bridgehead atoms. The van der Waals surface area contributed by atoms with Crippen molar-refractivity contribution in [2.45, 2.75) is 40.2 Å². The van der Waals surface area contributed by atoms with Crippen molar-refractivity contribution in [3.63, 3.8) is 0 Å². The van der Waals surface area contributed by atoms with Gasteiger partial charge in [-0.3, -0.25) is 9.36 Å². The molecular weight excluding hydrogens is 290 g/mol. The highest BCUT2D eigenvalue weighted by Gasteiger charge is 2.22. The Morgan fingerprint density at radius 3 is 2.57 bits per heavy atom. The van der Waals surface area contributed by atoms with E-state index in [0.717, 1.165) is 10.6 Å². The number of carboxylic acids is 1. The van der Waals surface area contributed by atoms with Gasteiger partial charge in [0.25, 0.3) is 0 Å². The Hall–Kier alpha value is -2.02. The maximum absolute atomic E-state index is 12.1. The summed E-state index contributed by atoms with van der Waals surface area (Å²) < 4.78 is 1.52. The number of aryl methyl sites for hydroxylation is 2. The molecule has 2 heterocycles. The molecule has 0 aliphatic rings. The van der Waals surface area contributed by atoms with Crippen molar-refractivity contribution in [2.24, 2.45) is 0 Å². The zero-order valence-electron chi connectivity index (χ0n) is 12.4. The molecule has 1 unspecified atom stereocenters. The smallest absolute Gasteiger partial charge is 0.348 e. The zero-order valence-corrected chi connectivity index (χ0v) is 13.2. The first-order valence-corrected chi connectivity index (χ1v) is 7.40. The van der Waals surface area contributed by atoms with Gasteiger partial charge in [-0.15, -0.1) is 11.3 Å². The largest absolute Gasteiger partial charge is 0.481 e. The molecule has 0 saturated heterocycles. The lowest BCUT2D eigenvalue weighted by Crippen LogP contribution is -2.29. The van der Waals surface area contributed by atoms with Gasteiger partial charge in [-0.2, -0.15) is 4.98 Å². The highest BCUT2D eigenvalue weighted by molar-refractivity contribution is 7.09. The SMILES string of the molecule is Cc1ncsc1Cn1c(C)c(C(C)C(=O)O)c(C)nc1=O. The first kappa shape index (κ1) is 15.4. The Kier molecular flexibility index (Phi) is 4.22. The van der Waals surface area contributed by atoms with Crippen molar-refractivity contribution in [3.05, 3.63) is 43.5 Å². The fourth-order valence-electron chi connectivity index (χ4n) is 2.37. The summed E-state index contributed by atoms with van der Waals surface area (Å²) in [5.41, 5.74) is 3.97. The van der Waals surface area contributed by atoms with E-state index in [0.29, 0.717) is 23.5 Å². The number of aromatic nitrogens is 3. The van der Waals surface area contributed by atoms with Crippen LogP contribution in [-0.4, -0.2) is 25.6 Å². The van der Waals surface area contributed by atoms with Crippen molar-refractivity contribution < 1.29 is 9.90 Å². The number of hydrogen-bond acceptors (Lipinski definition) is 5. The summed E-state index contributed by atoms with van der Waals surface area (Å²) in [4.78, 5) is 32.5. The van der Waals surface area contributed by atoms with Crippen LogP contribution < -0.4 is 5.69 Å². The van der Waals surface area contributed by atoms with Gasteiger partial charge in [0.05, 0.1) is 23.7 Å². The number of hydrogen-bond donors (Lipinski definition) is 1. The molecule has 0 amide bonds. The molecule has 0 spiro atoms. The lowest BCUT2D eigenvalue weighted by atomic mass is 9.98. The standard InChI is InChI=1S/C14H17N3O3S/c1-7(13(18)19)12-9(3)16-14(20)17(10(12)4)5-11-8(2)15-6-21-11/h6-7H,5H2,1-4H3,(H,18,19). The van der Waals surface area contributed by atoms with Gasteiger partial charge in [-0.1, -0.05) is 0 Å². The van der Waals surface area contributed by atoms with Gasteiger partial charge in [-0.25, -0.2) is 9.78 Å². The lowest BCUT2D eigenvalue weighted by molar-refractivity contribution is -0.138. The fourth-order valence-corrected chi connectivity index (χ4v) is 3.14. The second kappa shape index (κ2) is 5.77. The van der Waals surface area contributed by atoms with E-state index in [1.54, 1.807) is 26.3 Å². The van der Waals surface area contributed by atoms with Crippen LogP contribution in [0.25, 0.3) is 0 Å². The molecule has 2 rings (SSSR count). The van der Waals surface area contributed by atoms with Gasteiger partial charge in [-0.05, 0) is 27.7 Å². The predicted molar refractivity (Wildman–Crippen MR) is 80.0 cm³/mol. The van der Waals surface area contributed by atoms with Gasteiger partial charge < -0.3 is 5.11 Å². The Balaban J connectivity index is 2.57. The minimum absolute atomic E-state index is 0.362. The summed E-state index contributed by atoms with van der Waals surface area (Å²) in [7, 11) is 0. The van der Waals surface area contributed by atoms with Gasteiger partial charge in [0.15, 0.2) is 0 Å². The van der Waals surface area contributed by atoms with Crippen LogP contribution in [0.3, 0.4) is 0 Å². The molecular formula is C14H17N3O3S. The summed E-state index contributed by atoms with van der Waals surface area (Å²) in [6.45, 7) is 7.29. The topological polar surface area (TPSA) is 85.1 Å². The normalized spacial score (nSPS) is 12.4. The van der Waals surface area contributed by atoms with Gasteiger partial charge >= 0.3 is 11.7 Å². The molecule has 6 nitrogen and oxygen atoms in total. The number of aliphatic carboxylic acids is 1. The Labute approximate surface area is 126 Å². The Bertz CT molecular complexity index is 748. The Morgan fingerprint density at radius 2 is 2.05 bits per heavy atom. The molecule has 7 heteroatoms. The fraction of sp³-hybridized carbons (Fsp3) is 0.429. The summed E-state index contributed by atoms with van der Waals surface area (Å²) in [6, 6.07) is 0. The lowest BCUT2D eigenvalue weighted by Gasteiger charge is -2.17. The van der Waals surface area contributed by atoms with Gasteiger partial charge in [0.2, 0.25) is 0 Å². The average molecular weight is 307 g/mol. The average Bonchev–Trinajstić information content (AvgIpc) is 2.79. The maximum Gasteiger partial charge on any atom is 0.348 e. The molecule has 2 aromatic heterocycles. The maximum atomic E-state index is 12.1. The van der Waals surface area contributed by atoms with Crippen LogP contribution >= 0.6 is 11.3 Å². The van der Waals surface area contributed by atoms with E-state index >= 15 is 0 Å². The molecule has 0 aromatic carbocycles. The zero-order chi connectivity index (χ0) is 15.7.